The van der Waals surface area contributed by atoms with Gasteiger partial charge in [-0.3, -0.25) is 9.59 Å². The number of carbonyl (C=O) groups is 3. The molecule has 0 fully saturated rings. The predicted octanol–water partition coefficient (Wildman–Crippen LogP) is 21.0. The third-order valence-electron chi connectivity index (χ3n) is 16.0. The molecule has 0 aliphatic heterocycles. The summed E-state index contributed by atoms with van der Waals surface area (Å²) in [6.07, 6.45) is 83.1. The zero-order valence-corrected chi connectivity index (χ0v) is 56.0. The summed E-state index contributed by atoms with van der Waals surface area (Å²) < 4.78 is 22.8. The van der Waals surface area contributed by atoms with E-state index in [0.29, 0.717) is 23.9 Å². The maximum absolute atomic E-state index is 12.9. The first-order valence-corrected chi connectivity index (χ1v) is 35.9. The number of nitrogens with zero attached hydrogens (tertiary/aromatic N) is 1. The Morgan fingerprint density at radius 2 is 0.679 bits per heavy atom. The summed E-state index contributed by atoms with van der Waals surface area (Å²) in [5, 5.41) is 11.8. The van der Waals surface area contributed by atoms with E-state index < -0.39 is 24.3 Å². The van der Waals surface area contributed by atoms with Crippen LogP contribution in [-0.2, 0) is 33.3 Å². The second-order valence-electron chi connectivity index (χ2n) is 25.5. The lowest BCUT2D eigenvalue weighted by molar-refractivity contribution is -0.870. The summed E-state index contributed by atoms with van der Waals surface area (Å²) in [4.78, 5) is 37.5. The molecule has 0 N–H and O–H groups in total. The summed E-state index contributed by atoms with van der Waals surface area (Å²) in [6, 6.07) is 0. The van der Waals surface area contributed by atoms with Crippen LogP contribution in [-0.4, -0.2) is 82.3 Å². The first kappa shape index (κ1) is 81.0. The number of likely N-dealkylation sites (N-methyl/N-ethyl adjacent to an activating group) is 1. The summed E-state index contributed by atoms with van der Waals surface area (Å²) in [5.41, 5.74) is 0. The second-order valence-corrected chi connectivity index (χ2v) is 25.5. The van der Waals surface area contributed by atoms with Crippen LogP contribution in [0.2, 0.25) is 0 Å². The van der Waals surface area contributed by atoms with Gasteiger partial charge >= 0.3 is 11.9 Å². The number of hydrogen-bond donors (Lipinski definition) is 0. The van der Waals surface area contributed by atoms with Crippen LogP contribution in [0, 0.1) is 0 Å². The Hall–Kier alpha value is -3.01. The van der Waals surface area contributed by atoms with Crippen molar-refractivity contribution in [1.29, 1.82) is 0 Å². The van der Waals surface area contributed by atoms with E-state index in [2.05, 4.69) is 74.6 Å². The van der Waals surface area contributed by atoms with E-state index in [1.807, 2.05) is 21.1 Å². The molecule has 9 heteroatoms. The molecule has 9 nitrogen and oxygen atoms in total. The number of aliphatic carboxylic acids is 1. The Morgan fingerprint density at radius 1 is 0.369 bits per heavy atom. The van der Waals surface area contributed by atoms with Gasteiger partial charge in [0, 0.05) is 12.8 Å². The molecule has 0 aromatic heterocycles. The van der Waals surface area contributed by atoms with Crippen LogP contribution in [0.3, 0.4) is 0 Å². The van der Waals surface area contributed by atoms with Crippen LogP contribution in [0.15, 0.2) is 60.8 Å². The van der Waals surface area contributed by atoms with Gasteiger partial charge in [-0.2, -0.15) is 0 Å². The Kier molecular flexibility index (Phi) is 63.6. The summed E-state index contributed by atoms with van der Waals surface area (Å²) in [7, 11) is 5.94. The van der Waals surface area contributed by atoms with Gasteiger partial charge in [-0.1, -0.05) is 331 Å². The molecule has 0 amide bonds. The molecule has 0 spiro atoms. The van der Waals surface area contributed by atoms with Crippen LogP contribution in [0.5, 0.6) is 0 Å². The molecule has 2 atom stereocenters. The van der Waals surface area contributed by atoms with E-state index in [9.17, 15) is 19.5 Å². The van der Waals surface area contributed by atoms with Gasteiger partial charge in [-0.05, 0) is 57.8 Å². The fraction of sp³-hybridized carbons (Fsp3) is 0.827. The Morgan fingerprint density at radius 3 is 1.01 bits per heavy atom. The maximum Gasteiger partial charge on any atom is 0.306 e. The third kappa shape index (κ3) is 66.5. The molecule has 84 heavy (non-hydrogen) atoms. The van der Waals surface area contributed by atoms with Crippen LogP contribution in [0.4, 0.5) is 0 Å². The number of quaternary nitrogens is 1. The quantitative estimate of drug-likeness (QED) is 0.0195. The molecule has 0 heterocycles. The number of carbonyl (C=O) groups excluding carboxylic acids is 3. The molecule has 2 unspecified atom stereocenters. The molecule has 0 saturated carbocycles. The normalized spacial score (nSPS) is 13.0. The minimum atomic E-state index is -1.62. The molecule has 0 saturated heterocycles. The fourth-order valence-electron chi connectivity index (χ4n) is 10.6. The number of carboxylic acids is 1. The second kappa shape index (κ2) is 66.0. The highest BCUT2D eigenvalue weighted by Crippen LogP contribution is 2.19. The number of unbranched alkanes of at least 4 members (excludes halogenated alkanes) is 42. The van der Waals surface area contributed by atoms with Crippen molar-refractivity contribution < 1.29 is 42.9 Å². The van der Waals surface area contributed by atoms with Crippen molar-refractivity contribution in [3.8, 4) is 0 Å². The smallest absolute Gasteiger partial charge is 0.306 e. The fourth-order valence-corrected chi connectivity index (χ4v) is 10.6. The van der Waals surface area contributed by atoms with Crippen molar-refractivity contribution in [1.82, 2.24) is 0 Å². The standard InChI is InChI=1S/C75H137NO8/c1-6-8-10-12-14-16-18-20-22-24-26-28-30-32-34-35-36-37-38-39-40-42-44-46-48-50-52-54-56-58-60-62-64-66-73(78)84-71(70-83-75(74(79)80)81-68-67-76(3,4)5)69-82-72(77)65-63-61-59-57-55-53-51-49-47-45-43-41-33-31-29-27-25-23-21-19-17-15-13-11-9-7-2/h8,10,14,16,20,22,26,28,32,34,71,75H,6-7,9,11-13,15,17-19,21,23-25,27,29-31,33,35-70H2,1-5H3/b10-8-,16-14-,22-20-,28-26-,34-32-. The lowest BCUT2D eigenvalue weighted by Crippen LogP contribution is -2.44. The van der Waals surface area contributed by atoms with E-state index in [1.54, 1.807) is 0 Å². The lowest BCUT2D eigenvalue weighted by atomic mass is 10.0. The summed E-state index contributed by atoms with van der Waals surface area (Å²) >= 11 is 0. The van der Waals surface area contributed by atoms with Crippen LogP contribution in [0.1, 0.15) is 341 Å². The molecule has 490 valence electrons. The van der Waals surface area contributed by atoms with E-state index in [1.165, 1.54) is 244 Å². The number of hydrogen-bond acceptors (Lipinski definition) is 8. The van der Waals surface area contributed by atoms with Crippen molar-refractivity contribution in [2.75, 3.05) is 47.5 Å². The van der Waals surface area contributed by atoms with E-state index in [-0.39, 0.29) is 32.2 Å². The highest BCUT2D eigenvalue weighted by Gasteiger charge is 2.22. The molecule has 0 aromatic rings. The zero-order chi connectivity index (χ0) is 61.2. The Bertz CT molecular complexity index is 1560. The lowest BCUT2D eigenvalue weighted by Gasteiger charge is -2.26. The number of allylic oxidation sites excluding steroid dienone is 10. The van der Waals surface area contributed by atoms with Crippen LogP contribution >= 0.6 is 0 Å². The maximum atomic E-state index is 12.9. The van der Waals surface area contributed by atoms with Crippen LogP contribution < -0.4 is 5.11 Å². The highest BCUT2D eigenvalue weighted by molar-refractivity contribution is 5.70. The van der Waals surface area contributed by atoms with Crippen molar-refractivity contribution in [3.63, 3.8) is 0 Å². The van der Waals surface area contributed by atoms with Crippen molar-refractivity contribution in [2.24, 2.45) is 0 Å². The third-order valence-corrected chi connectivity index (χ3v) is 16.0. The number of ether oxygens (including phenoxy) is 4. The predicted molar refractivity (Wildman–Crippen MR) is 357 cm³/mol. The van der Waals surface area contributed by atoms with E-state index >= 15 is 0 Å². The zero-order valence-electron chi connectivity index (χ0n) is 56.0. The van der Waals surface area contributed by atoms with Gasteiger partial charge in [0.25, 0.3) is 0 Å². The number of rotatable bonds is 67. The number of carboxylic acid groups (broad SMARTS) is 1. The van der Waals surface area contributed by atoms with Gasteiger partial charge in [-0.25, -0.2) is 0 Å². The topological polar surface area (TPSA) is 111 Å². The highest BCUT2D eigenvalue weighted by atomic mass is 16.7. The van der Waals surface area contributed by atoms with Crippen molar-refractivity contribution >= 4 is 17.9 Å². The minimum absolute atomic E-state index is 0.149. The van der Waals surface area contributed by atoms with Gasteiger partial charge in [0.1, 0.15) is 13.2 Å². The molecule has 0 aliphatic rings. The van der Waals surface area contributed by atoms with Gasteiger partial charge in [-0.15, -0.1) is 0 Å². The average Bonchev–Trinajstić information content (AvgIpc) is 3.51. The van der Waals surface area contributed by atoms with Gasteiger partial charge < -0.3 is 33.3 Å². The molecule has 0 radical (unpaired) electrons. The van der Waals surface area contributed by atoms with Crippen molar-refractivity contribution in [2.45, 2.75) is 354 Å². The van der Waals surface area contributed by atoms with Gasteiger partial charge in [0.2, 0.25) is 0 Å². The Labute approximate surface area is 520 Å². The minimum Gasteiger partial charge on any atom is -0.545 e. The van der Waals surface area contributed by atoms with E-state index in [0.717, 1.165) is 64.2 Å². The molecule has 0 aliphatic carbocycles. The monoisotopic (exact) mass is 1180 g/mol. The summed E-state index contributed by atoms with van der Waals surface area (Å²) in [6.45, 7) is 4.70. The molecular formula is C75H137NO8. The Balaban J connectivity index is 4.06. The molecular weight excluding hydrogens is 1040 g/mol. The first-order chi connectivity index (χ1) is 41.1. The van der Waals surface area contributed by atoms with Crippen molar-refractivity contribution in [3.05, 3.63) is 60.8 Å². The number of esters is 2. The van der Waals surface area contributed by atoms with E-state index in [4.69, 9.17) is 18.9 Å². The van der Waals surface area contributed by atoms with Gasteiger partial charge in [0.05, 0.1) is 40.3 Å². The molecule has 0 aromatic carbocycles. The summed E-state index contributed by atoms with van der Waals surface area (Å²) in [5.74, 6) is -2.26. The average molecular weight is 1180 g/mol. The largest absolute Gasteiger partial charge is 0.545 e. The van der Waals surface area contributed by atoms with Crippen LogP contribution in [0.25, 0.3) is 0 Å². The first-order valence-electron chi connectivity index (χ1n) is 35.9. The molecule has 0 bridgehead atoms. The molecule has 0 rings (SSSR count). The SMILES string of the molecule is CC/C=C\C/C=C\C/C=C\C/C=C\C/C=C\CCCCCCCCCCCCCCCCCCCC(=O)OC(COC(=O)CCCCCCCCCCCCCCCCCCCCCCCCCCCC)COC(OCC[N+](C)(C)C)C(=O)[O-]. The van der Waals surface area contributed by atoms with Gasteiger partial charge in [0.15, 0.2) is 12.4 Å².